The van der Waals surface area contributed by atoms with Crippen LogP contribution in [-0.4, -0.2) is 5.67 Å². The van der Waals surface area contributed by atoms with Gasteiger partial charge in [0.25, 0.3) is 0 Å². The number of alkyl halides is 1. The Hall–Kier alpha value is -0.590. The molecule has 0 saturated carbocycles. The third kappa shape index (κ3) is 5.41. The molecular weight excluding hydrogens is 103 g/mol. The van der Waals surface area contributed by atoms with Crippen molar-refractivity contribution in [3.63, 3.8) is 0 Å². The molecule has 0 atom stereocenters. The van der Waals surface area contributed by atoms with E-state index in [-0.39, 0.29) is 0 Å². The predicted octanol–water partition coefficient (Wildman–Crippen LogP) is 2.48. The van der Waals surface area contributed by atoms with E-state index in [0.717, 1.165) is 0 Å². The zero-order valence-electron chi connectivity index (χ0n) is 5.32. The average Bonchev–Trinajstić information content (AvgIpc) is 1.59. The van der Waals surface area contributed by atoms with Crippen LogP contribution in [0.25, 0.3) is 0 Å². The second-order valence-electron chi connectivity index (χ2n) is 2.16. The van der Waals surface area contributed by atoms with Gasteiger partial charge in [-0.2, -0.15) is 0 Å². The Morgan fingerprint density at radius 1 is 1.50 bits per heavy atom. The van der Waals surface area contributed by atoms with Gasteiger partial charge in [0.2, 0.25) is 0 Å². The van der Waals surface area contributed by atoms with Crippen molar-refractivity contribution in [3.05, 3.63) is 24.8 Å². The number of hydrogen-bond acceptors (Lipinski definition) is 0. The summed E-state index contributed by atoms with van der Waals surface area (Å²) in [6, 6.07) is 0. The lowest BCUT2D eigenvalue weighted by molar-refractivity contribution is 0.287. The topological polar surface area (TPSA) is 0 Å². The number of halogens is 1. The first-order valence-electron chi connectivity index (χ1n) is 2.55. The minimum absolute atomic E-state index is 1.20. The number of rotatable bonds is 2. The maximum atomic E-state index is 12.4. The molecule has 0 aliphatic heterocycles. The van der Waals surface area contributed by atoms with Crippen LogP contribution in [0.2, 0.25) is 0 Å². The molecule has 0 aromatic heterocycles. The zero-order valence-corrected chi connectivity index (χ0v) is 5.32. The highest BCUT2D eigenvalue weighted by Crippen LogP contribution is 2.08. The van der Waals surface area contributed by atoms with Crippen molar-refractivity contribution in [2.24, 2.45) is 0 Å². The van der Waals surface area contributed by atoms with E-state index in [1.165, 1.54) is 19.9 Å². The molecule has 0 fully saturated rings. The average molecular weight is 114 g/mol. The Kier molecular flexibility index (Phi) is 2.46. The lowest BCUT2D eigenvalue weighted by atomic mass is 10.1. The first kappa shape index (κ1) is 7.41. The Morgan fingerprint density at radius 3 is 2.12 bits per heavy atom. The summed E-state index contributed by atoms with van der Waals surface area (Å²) in [5.41, 5.74) is -1.20. The van der Waals surface area contributed by atoms with E-state index in [9.17, 15) is 4.39 Å². The van der Waals surface area contributed by atoms with Gasteiger partial charge in [-0.15, -0.1) is 0 Å². The highest BCUT2D eigenvalue weighted by molar-refractivity contribution is 5.04. The summed E-state index contributed by atoms with van der Waals surface area (Å²) in [7, 11) is 0. The number of allylic oxidation sites excluding steroid dienone is 3. The standard InChI is InChI=1S/C7H11F/c1-4-5-6-7(2,3)8/h4-6H,1H2,2-3H3/b6-5-. The molecule has 0 amide bonds. The molecule has 0 aromatic rings. The fraction of sp³-hybridized carbons (Fsp3) is 0.429. The summed E-state index contributed by atoms with van der Waals surface area (Å²) in [6.07, 6.45) is 4.61. The van der Waals surface area contributed by atoms with E-state index in [1.54, 1.807) is 12.2 Å². The molecule has 0 N–H and O–H groups in total. The van der Waals surface area contributed by atoms with E-state index >= 15 is 0 Å². The van der Waals surface area contributed by atoms with Crippen molar-refractivity contribution in [2.45, 2.75) is 19.5 Å². The molecule has 0 aromatic carbocycles. The molecule has 46 valence electrons. The lowest BCUT2D eigenvalue weighted by Crippen LogP contribution is -2.05. The molecule has 0 saturated heterocycles. The first-order chi connectivity index (χ1) is 3.56. The van der Waals surface area contributed by atoms with E-state index < -0.39 is 5.67 Å². The summed E-state index contributed by atoms with van der Waals surface area (Å²) in [6.45, 7) is 6.40. The zero-order chi connectivity index (χ0) is 6.62. The third-order valence-corrected chi connectivity index (χ3v) is 0.629. The van der Waals surface area contributed by atoms with Gasteiger partial charge in [-0.05, 0) is 19.9 Å². The van der Waals surface area contributed by atoms with E-state index in [4.69, 9.17) is 0 Å². The van der Waals surface area contributed by atoms with Gasteiger partial charge in [-0.25, -0.2) is 4.39 Å². The molecule has 8 heavy (non-hydrogen) atoms. The summed E-state index contributed by atoms with van der Waals surface area (Å²) in [5.74, 6) is 0. The van der Waals surface area contributed by atoms with Crippen LogP contribution in [0.1, 0.15) is 13.8 Å². The largest absolute Gasteiger partial charge is 0.240 e. The highest BCUT2D eigenvalue weighted by atomic mass is 19.1. The van der Waals surface area contributed by atoms with Crippen molar-refractivity contribution in [1.82, 2.24) is 0 Å². The second kappa shape index (κ2) is 2.65. The molecule has 0 rings (SSSR count). The maximum Gasteiger partial charge on any atom is 0.123 e. The van der Waals surface area contributed by atoms with Crippen LogP contribution in [0.5, 0.6) is 0 Å². The van der Waals surface area contributed by atoms with Crippen molar-refractivity contribution in [1.29, 1.82) is 0 Å². The van der Waals surface area contributed by atoms with Gasteiger partial charge in [-0.3, -0.25) is 0 Å². The Balaban J connectivity index is 3.69. The smallest absolute Gasteiger partial charge is 0.123 e. The second-order valence-corrected chi connectivity index (χ2v) is 2.16. The fourth-order valence-electron chi connectivity index (χ4n) is 0.297. The molecule has 0 aliphatic carbocycles. The van der Waals surface area contributed by atoms with E-state index in [1.807, 2.05) is 0 Å². The molecule has 1 heteroatoms. The minimum Gasteiger partial charge on any atom is -0.240 e. The summed E-state index contributed by atoms with van der Waals surface area (Å²) in [4.78, 5) is 0. The molecule has 0 spiro atoms. The first-order valence-corrected chi connectivity index (χ1v) is 2.55. The van der Waals surface area contributed by atoms with E-state index in [0.29, 0.717) is 0 Å². The maximum absolute atomic E-state index is 12.4. The van der Waals surface area contributed by atoms with Crippen LogP contribution in [0.4, 0.5) is 4.39 Å². The van der Waals surface area contributed by atoms with Gasteiger partial charge >= 0.3 is 0 Å². The van der Waals surface area contributed by atoms with E-state index in [2.05, 4.69) is 6.58 Å². The predicted molar refractivity (Wildman–Crippen MR) is 34.5 cm³/mol. The monoisotopic (exact) mass is 114 g/mol. The lowest BCUT2D eigenvalue weighted by Gasteiger charge is -2.04. The van der Waals surface area contributed by atoms with Gasteiger partial charge < -0.3 is 0 Å². The van der Waals surface area contributed by atoms with Gasteiger partial charge in [-0.1, -0.05) is 18.7 Å². The van der Waals surface area contributed by atoms with Crippen LogP contribution in [-0.2, 0) is 0 Å². The Bertz CT molecular complexity index is 95.4. The summed E-state index contributed by atoms with van der Waals surface area (Å²) in [5, 5.41) is 0. The summed E-state index contributed by atoms with van der Waals surface area (Å²) < 4.78 is 12.4. The fourth-order valence-corrected chi connectivity index (χ4v) is 0.297. The Labute approximate surface area is 49.7 Å². The van der Waals surface area contributed by atoms with Crippen molar-refractivity contribution in [3.8, 4) is 0 Å². The van der Waals surface area contributed by atoms with Gasteiger partial charge in [0.15, 0.2) is 0 Å². The normalized spacial score (nSPS) is 12.4. The Morgan fingerprint density at radius 2 is 2.00 bits per heavy atom. The van der Waals surface area contributed by atoms with Crippen molar-refractivity contribution >= 4 is 0 Å². The third-order valence-electron chi connectivity index (χ3n) is 0.629. The van der Waals surface area contributed by atoms with Gasteiger partial charge in [0, 0.05) is 0 Å². The minimum atomic E-state index is -1.20. The number of hydrogen-bond donors (Lipinski definition) is 0. The van der Waals surface area contributed by atoms with Crippen molar-refractivity contribution in [2.75, 3.05) is 0 Å². The van der Waals surface area contributed by atoms with Crippen LogP contribution < -0.4 is 0 Å². The van der Waals surface area contributed by atoms with Crippen LogP contribution in [0.3, 0.4) is 0 Å². The van der Waals surface area contributed by atoms with Crippen LogP contribution >= 0.6 is 0 Å². The molecule has 0 heterocycles. The molecule has 0 radical (unpaired) electrons. The van der Waals surface area contributed by atoms with Crippen LogP contribution in [0, 0.1) is 0 Å². The highest BCUT2D eigenvalue weighted by Gasteiger charge is 2.07. The SMILES string of the molecule is C=C/C=C\C(C)(C)F. The molecule has 0 aliphatic rings. The van der Waals surface area contributed by atoms with Gasteiger partial charge in [0.05, 0.1) is 0 Å². The molecular formula is C7H11F. The van der Waals surface area contributed by atoms with Crippen LogP contribution in [0.15, 0.2) is 24.8 Å². The molecule has 0 unspecified atom stereocenters. The molecule has 0 nitrogen and oxygen atoms in total. The summed E-state index contributed by atoms with van der Waals surface area (Å²) >= 11 is 0. The molecule has 0 bridgehead atoms. The van der Waals surface area contributed by atoms with Gasteiger partial charge in [0.1, 0.15) is 5.67 Å². The van der Waals surface area contributed by atoms with Crippen molar-refractivity contribution < 1.29 is 4.39 Å². The quantitative estimate of drug-likeness (QED) is 0.484.